The van der Waals surface area contributed by atoms with Gasteiger partial charge in [-0.05, 0) is 6.92 Å². The highest BCUT2D eigenvalue weighted by Gasteiger charge is 2.22. The Morgan fingerprint density at radius 2 is 2.09 bits per heavy atom. The molecule has 1 rings (SSSR count). The van der Waals surface area contributed by atoms with Crippen molar-refractivity contribution < 1.29 is 18.3 Å². The highest BCUT2D eigenvalue weighted by molar-refractivity contribution is 5.97. The molecule has 1 aliphatic carbocycles. The first-order chi connectivity index (χ1) is 5.11. The van der Waals surface area contributed by atoms with Crippen molar-refractivity contribution >= 4 is 5.78 Å². The monoisotopic (exact) mass is 162 g/mol. The summed E-state index contributed by atoms with van der Waals surface area (Å²) in [5.41, 5.74) is 0.338. The maximum Gasteiger partial charge on any atom is 0.387 e. The number of alkyl halides is 2. The zero-order valence-electron chi connectivity index (χ0n) is 6.06. The lowest BCUT2D eigenvalue weighted by atomic mass is 10.2. The van der Waals surface area contributed by atoms with Crippen molar-refractivity contribution in [3.8, 4) is 0 Å². The predicted octanol–water partition coefficient (Wildman–Crippen LogP) is 1.86. The van der Waals surface area contributed by atoms with Gasteiger partial charge in [-0.25, -0.2) is 0 Å². The van der Waals surface area contributed by atoms with Gasteiger partial charge in [0.2, 0.25) is 0 Å². The molecular formula is C7H8F2O2. The Morgan fingerprint density at radius 1 is 1.45 bits per heavy atom. The van der Waals surface area contributed by atoms with Crippen LogP contribution < -0.4 is 0 Å². The fourth-order valence-corrected chi connectivity index (χ4v) is 1.01. The normalized spacial score (nSPS) is 18.4. The minimum Gasteiger partial charge on any atom is -0.439 e. The van der Waals surface area contributed by atoms with Crippen LogP contribution in [-0.2, 0) is 9.53 Å². The minimum atomic E-state index is -2.81. The van der Waals surface area contributed by atoms with Gasteiger partial charge in [0.15, 0.2) is 5.78 Å². The Labute approximate surface area is 62.8 Å². The summed E-state index contributed by atoms with van der Waals surface area (Å²) >= 11 is 0. The van der Waals surface area contributed by atoms with Crippen molar-refractivity contribution in [3.63, 3.8) is 0 Å². The van der Waals surface area contributed by atoms with Crippen LogP contribution in [0.15, 0.2) is 11.3 Å². The summed E-state index contributed by atoms with van der Waals surface area (Å²) < 4.78 is 27.4. The largest absolute Gasteiger partial charge is 0.439 e. The molecule has 0 aliphatic heterocycles. The summed E-state index contributed by atoms with van der Waals surface area (Å²) in [6, 6.07) is 0. The SMILES string of the molecule is CC1=C(OC(F)F)CCC1=O. The van der Waals surface area contributed by atoms with Gasteiger partial charge in [0.1, 0.15) is 5.76 Å². The Kier molecular flexibility index (Phi) is 2.22. The summed E-state index contributed by atoms with van der Waals surface area (Å²) in [6.07, 6.45) is 0.614. The molecule has 0 N–H and O–H groups in total. The smallest absolute Gasteiger partial charge is 0.387 e. The second-order valence-corrected chi connectivity index (χ2v) is 2.35. The molecular weight excluding hydrogens is 154 g/mol. The van der Waals surface area contributed by atoms with Crippen LogP contribution in [0.3, 0.4) is 0 Å². The molecule has 0 saturated heterocycles. The van der Waals surface area contributed by atoms with Crippen molar-refractivity contribution in [1.29, 1.82) is 0 Å². The third kappa shape index (κ3) is 1.76. The van der Waals surface area contributed by atoms with Crippen molar-refractivity contribution in [2.24, 2.45) is 0 Å². The number of halogens is 2. The molecule has 2 nitrogen and oxygen atoms in total. The first kappa shape index (κ1) is 8.17. The number of carbonyl (C=O) groups excluding carboxylic acids is 1. The van der Waals surface area contributed by atoms with Gasteiger partial charge in [0.05, 0.1) is 0 Å². The minimum absolute atomic E-state index is 0.0966. The van der Waals surface area contributed by atoms with Crippen molar-refractivity contribution in [2.75, 3.05) is 0 Å². The molecule has 1 aliphatic rings. The molecule has 0 spiro atoms. The summed E-state index contributed by atoms with van der Waals surface area (Å²) in [4.78, 5) is 10.8. The van der Waals surface area contributed by atoms with E-state index in [4.69, 9.17) is 0 Å². The highest BCUT2D eigenvalue weighted by Crippen LogP contribution is 2.24. The quantitative estimate of drug-likeness (QED) is 0.619. The fraction of sp³-hybridized carbons (Fsp3) is 0.571. The number of ether oxygens (including phenoxy) is 1. The van der Waals surface area contributed by atoms with Gasteiger partial charge >= 0.3 is 6.61 Å². The summed E-state index contributed by atoms with van der Waals surface area (Å²) in [7, 11) is 0. The molecule has 0 radical (unpaired) electrons. The van der Waals surface area contributed by atoms with Crippen LogP contribution in [0.25, 0.3) is 0 Å². The zero-order valence-corrected chi connectivity index (χ0v) is 6.06. The van der Waals surface area contributed by atoms with E-state index in [1.165, 1.54) is 6.92 Å². The van der Waals surface area contributed by atoms with Crippen LogP contribution >= 0.6 is 0 Å². The Balaban J connectivity index is 2.64. The lowest BCUT2D eigenvalue weighted by molar-refractivity contribution is -0.114. The number of allylic oxidation sites excluding steroid dienone is 2. The van der Waals surface area contributed by atoms with Crippen molar-refractivity contribution in [2.45, 2.75) is 26.4 Å². The van der Waals surface area contributed by atoms with Crippen molar-refractivity contribution in [1.82, 2.24) is 0 Å². The van der Waals surface area contributed by atoms with Gasteiger partial charge in [-0.2, -0.15) is 8.78 Å². The summed E-state index contributed by atoms with van der Waals surface area (Å²) in [5.74, 6) is 0.0469. The standard InChI is InChI=1S/C7H8F2O2/c1-4-5(10)2-3-6(4)11-7(8)9/h7H,2-3H2,1H3. The first-order valence-corrected chi connectivity index (χ1v) is 3.29. The van der Waals surface area contributed by atoms with Gasteiger partial charge in [-0.3, -0.25) is 4.79 Å². The van der Waals surface area contributed by atoms with Gasteiger partial charge < -0.3 is 4.74 Å². The van der Waals surface area contributed by atoms with Gasteiger partial charge in [0.25, 0.3) is 0 Å². The molecule has 0 heterocycles. The second-order valence-electron chi connectivity index (χ2n) is 2.35. The van der Waals surface area contributed by atoms with Crippen LogP contribution in [0.4, 0.5) is 8.78 Å². The zero-order chi connectivity index (χ0) is 8.43. The van der Waals surface area contributed by atoms with Crippen LogP contribution in [0.5, 0.6) is 0 Å². The molecule has 0 aromatic heterocycles. The third-order valence-corrected chi connectivity index (χ3v) is 1.65. The van der Waals surface area contributed by atoms with Crippen LogP contribution in [0.1, 0.15) is 19.8 Å². The van der Waals surface area contributed by atoms with Crippen LogP contribution in [0, 0.1) is 0 Å². The van der Waals surface area contributed by atoms with E-state index in [0.29, 0.717) is 18.4 Å². The van der Waals surface area contributed by atoms with Crippen LogP contribution in [0.2, 0.25) is 0 Å². The van der Waals surface area contributed by atoms with E-state index in [1.807, 2.05) is 0 Å². The molecule has 62 valence electrons. The number of Topliss-reactive ketones (excluding diaryl/α,β-unsaturated/α-hetero) is 1. The predicted molar refractivity (Wildman–Crippen MR) is 34.0 cm³/mol. The fourth-order valence-electron chi connectivity index (χ4n) is 1.01. The molecule has 0 aromatic rings. The Bertz CT molecular complexity index is 208. The van der Waals surface area contributed by atoms with E-state index in [0.717, 1.165) is 0 Å². The van der Waals surface area contributed by atoms with Gasteiger partial charge in [-0.1, -0.05) is 0 Å². The average Bonchev–Trinajstić information content (AvgIpc) is 2.18. The molecule has 0 unspecified atom stereocenters. The van der Waals surface area contributed by atoms with E-state index in [1.54, 1.807) is 0 Å². The number of hydrogen-bond donors (Lipinski definition) is 0. The molecule has 0 fully saturated rings. The van der Waals surface area contributed by atoms with E-state index in [-0.39, 0.29) is 11.5 Å². The summed E-state index contributed by atoms with van der Waals surface area (Å²) in [5, 5.41) is 0. The van der Waals surface area contributed by atoms with Crippen molar-refractivity contribution in [3.05, 3.63) is 11.3 Å². The van der Waals surface area contributed by atoms with E-state index < -0.39 is 6.61 Å². The maximum atomic E-state index is 11.6. The molecule has 0 amide bonds. The number of carbonyl (C=O) groups is 1. The lowest BCUT2D eigenvalue weighted by Gasteiger charge is -2.04. The molecule has 4 heteroatoms. The topological polar surface area (TPSA) is 26.3 Å². The highest BCUT2D eigenvalue weighted by atomic mass is 19.3. The van der Waals surface area contributed by atoms with Gasteiger partial charge in [-0.15, -0.1) is 0 Å². The second kappa shape index (κ2) is 2.98. The van der Waals surface area contributed by atoms with Gasteiger partial charge in [0, 0.05) is 18.4 Å². The molecule has 11 heavy (non-hydrogen) atoms. The third-order valence-electron chi connectivity index (χ3n) is 1.65. The maximum absolute atomic E-state index is 11.6. The average molecular weight is 162 g/mol. The van der Waals surface area contributed by atoms with E-state index in [9.17, 15) is 13.6 Å². The molecule has 0 saturated carbocycles. The van der Waals surface area contributed by atoms with E-state index >= 15 is 0 Å². The Morgan fingerprint density at radius 3 is 2.45 bits per heavy atom. The molecule has 0 atom stereocenters. The Hall–Kier alpha value is -0.930. The lowest BCUT2D eigenvalue weighted by Crippen LogP contribution is -1.98. The van der Waals surface area contributed by atoms with Crippen LogP contribution in [-0.4, -0.2) is 12.4 Å². The summed E-state index contributed by atoms with van der Waals surface area (Å²) in [6.45, 7) is -1.31. The molecule has 0 bridgehead atoms. The van der Waals surface area contributed by atoms with E-state index in [2.05, 4.69) is 4.74 Å². The number of ketones is 1. The number of hydrogen-bond acceptors (Lipinski definition) is 2. The molecule has 0 aromatic carbocycles. The first-order valence-electron chi connectivity index (χ1n) is 3.29. The number of rotatable bonds is 2.